The molecule has 0 radical (unpaired) electrons. The monoisotopic (exact) mass is 293 g/mol. The molecular formula is C14H13ClFN3O. The number of aromatic nitrogens is 1. The van der Waals surface area contributed by atoms with Gasteiger partial charge in [0.2, 0.25) is 0 Å². The molecule has 4 nitrogen and oxygen atoms in total. The molecule has 0 aliphatic rings. The minimum absolute atomic E-state index is 0.133. The van der Waals surface area contributed by atoms with Gasteiger partial charge in [-0.15, -0.1) is 0 Å². The summed E-state index contributed by atoms with van der Waals surface area (Å²) < 4.78 is 13.6. The fourth-order valence-corrected chi connectivity index (χ4v) is 1.89. The van der Waals surface area contributed by atoms with Crippen LogP contribution in [0, 0.1) is 12.7 Å². The predicted molar refractivity (Wildman–Crippen MR) is 77.9 cm³/mol. The average Bonchev–Trinajstić information content (AvgIpc) is 2.42. The number of nitrogens with one attached hydrogen (secondary N) is 2. The molecule has 0 saturated carbocycles. The summed E-state index contributed by atoms with van der Waals surface area (Å²) in [6.45, 7) is 1.82. The molecular weight excluding hydrogens is 281 g/mol. The lowest BCUT2D eigenvalue weighted by atomic mass is 10.2. The Bertz CT molecular complexity index is 661. The standard InChI is InChI=1S/C14H13ClFN3O/c1-8-3-4-10(16)11(5-8)18-14(20)9-6-12(15)19-13(7-9)17-2/h3-7H,1-2H3,(H,17,19)(H,18,20). The SMILES string of the molecule is CNc1cc(C(=O)Nc2cc(C)ccc2F)cc(Cl)n1. The Hall–Kier alpha value is -2.14. The van der Waals surface area contributed by atoms with Gasteiger partial charge in [-0.25, -0.2) is 9.37 Å². The molecule has 6 heteroatoms. The van der Waals surface area contributed by atoms with Crippen LogP contribution in [-0.2, 0) is 0 Å². The van der Waals surface area contributed by atoms with Gasteiger partial charge in [-0.3, -0.25) is 4.79 Å². The topological polar surface area (TPSA) is 54.0 Å². The van der Waals surface area contributed by atoms with Crippen LogP contribution in [0.25, 0.3) is 0 Å². The third-order valence-electron chi connectivity index (χ3n) is 2.68. The Kier molecular flexibility index (Phi) is 4.20. The van der Waals surface area contributed by atoms with Gasteiger partial charge in [-0.2, -0.15) is 0 Å². The minimum atomic E-state index is -0.488. The van der Waals surface area contributed by atoms with Gasteiger partial charge in [0.1, 0.15) is 16.8 Å². The van der Waals surface area contributed by atoms with Crippen molar-refractivity contribution >= 4 is 29.0 Å². The molecule has 2 rings (SSSR count). The third kappa shape index (κ3) is 3.24. The largest absolute Gasteiger partial charge is 0.373 e. The van der Waals surface area contributed by atoms with E-state index in [-0.39, 0.29) is 10.8 Å². The second-order valence-corrected chi connectivity index (χ2v) is 4.64. The van der Waals surface area contributed by atoms with E-state index in [4.69, 9.17) is 11.6 Å². The number of benzene rings is 1. The molecule has 0 bridgehead atoms. The van der Waals surface area contributed by atoms with Crippen LogP contribution in [0.15, 0.2) is 30.3 Å². The molecule has 0 atom stereocenters. The van der Waals surface area contributed by atoms with E-state index in [0.717, 1.165) is 5.56 Å². The van der Waals surface area contributed by atoms with E-state index in [2.05, 4.69) is 15.6 Å². The summed E-state index contributed by atoms with van der Waals surface area (Å²) in [5.41, 5.74) is 1.29. The molecule has 2 N–H and O–H groups in total. The molecule has 0 aliphatic heterocycles. The fraction of sp³-hybridized carbons (Fsp3) is 0.143. The molecule has 1 heterocycles. The van der Waals surface area contributed by atoms with Crippen molar-refractivity contribution in [2.24, 2.45) is 0 Å². The number of nitrogens with zero attached hydrogens (tertiary/aromatic N) is 1. The summed E-state index contributed by atoms with van der Waals surface area (Å²) >= 11 is 5.83. The van der Waals surface area contributed by atoms with Crippen molar-refractivity contribution in [3.8, 4) is 0 Å². The van der Waals surface area contributed by atoms with E-state index in [9.17, 15) is 9.18 Å². The van der Waals surface area contributed by atoms with Crippen LogP contribution >= 0.6 is 11.6 Å². The van der Waals surface area contributed by atoms with Crippen molar-refractivity contribution in [2.45, 2.75) is 6.92 Å². The van der Waals surface area contributed by atoms with Crippen molar-refractivity contribution in [3.05, 3.63) is 52.4 Å². The number of anilines is 2. The third-order valence-corrected chi connectivity index (χ3v) is 2.88. The summed E-state index contributed by atoms with van der Waals surface area (Å²) in [6, 6.07) is 7.46. The van der Waals surface area contributed by atoms with E-state index >= 15 is 0 Å². The Morgan fingerprint density at radius 2 is 2.05 bits per heavy atom. The zero-order valence-corrected chi connectivity index (χ0v) is 11.8. The van der Waals surface area contributed by atoms with Crippen LogP contribution < -0.4 is 10.6 Å². The molecule has 2 aromatic rings. The summed E-state index contributed by atoms with van der Waals surface area (Å²) in [5, 5.41) is 5.50. The molecule has 0 spiro atoms. The summed E-state index contributed by atoms with van der Waals surface area (Å²) in [7, 11) is 1.67. The smallest absolute Gasteiger partial charge is 0.255 e. The van der Waals surface area contributed by atoms with Crippen molar-refractivity contribution in [1.82, 2.24) is 4.98 Å². The van der Waals surface area contributed by atoms with Gasteiger partial charge in [0.15, 0.2) is 0 Å². The number of halogens is 2. The van der Waals surface area contributed by atoms with Gasteiger partial charge in [-0.1, -0.05) is 17.7 Å². The molecule has 20 heavy (non-hydrogen) atoms. The molecule has 1 aromatic heterocycles. The zero-order valence-electron chi connectivity index (χ0n) is 11.0. The van der Waals surface area contributed by atoms with Crippen LogP contribution in [-0.4, -0.2) is 17.9 Å². The maximum Gasteiger partial charge on any atom is 0.255 e. The lowest BCUT2D eigenvalue weighted by molar-refractivity contribution is 0.102. The molecule has 104 valence electrons. The van der Waals surface area contributed by atoms with E-state index in [1.165, 1.54) is 18.2 Å². The maximum absolute atomic E-state index is 13.6. The number of amides is 1. The highest BCUT2D eigenvalue weighted by molar-refractivity contribution is 6.30. The second kappa shape index (κ2) is 5.88. The normalized spacial score (nSPS) is 10.2. The summed E-state index contributed by atoms with van der Waals surface area (Å²) in [6.07, 6.45) is 0. The molecule has 0 saturated heterocycles. The lowest BCUT2D eigenvalue weighted by Crippen LogP contribution is -2.14. The first-order valence-electron chi connectivity index (χ1n) is 5.92. The molecule has 0 unspecified atom stereocenters. The number of rotatable bonds is 3. The summed E-state index contributed by atoms with van der Waals surface area (Å²) in [5.74, 6) is -0.472. The van der Waals surface area contributed by atoms with Crippen molar-refractivity contribution in [1.29, 1.82) is 0 Å². The number of aryl methyl sites for hydroxylation is 1. The molecule has 0 aliphatic carbocycles. The van der Waals surface area contributed by atoms with Gasteiger partial charge in [-0.05, 0) is 36.8 Å². The van der Waals surface area contributed by atoms with Gasteiger partial charge < -0.3 is 10.6 Å². The highest BCUT2D eigenvalue weighted by atomic mass is 35.5. The van der Waals surface area contributed by atoms with Crippen LogP contribution in [0.1, 0.15) is 15.9 Å². The molecule has 1 amide bonds. The van der Waals surface area contributed by atoms with Crippen LogP contribution in [0.5, 0.6) is 0 Å². The Balaban J connectivity index is 2.28. The van der Waals surface area contributed by atoms with Crippen LogP contribution in [0.3, 0.4) is 0 Å². The lowest BCUT2D eigenvalue weighted by Gasteiger charge is -2.09. The molecule has 1 aromatic carbocycles. The van der Waals surface area contributed by atoms with E-state index < -0.39 is 11.7 Å². The zero-order chi connectivity index (χ0) is 14.7. The first kappa shape index (κ1) is 14.3. The number of hydrogen-bond acceptors (Lipinski definition) is 3. The van der Waals surface area contributed by atoms with Gasteiger partial charge in [0.05, 0.1) is 5.69 Å². The Morgan fingerprint density at radius 3 is 2.75 bits per heavy atom. The van der Waals surface area contributed by atoms with Gasteiger partial charge in [0.25, 0.3) is 5.91 Å². The maximum atomic E-state index is 13.6. The highest BCUT2D eigenvalue weighted by Gasteiger charge is 2.11. The quantitative estimate of drug-likeness (QED) is 0.852. The molecule has 0 fully saturated rings. The van der Waals surface area contributed by atoms with E-state index in [1.807, 2.05) is 6.92 Å². The van der Waals surface area contributed by atoms with Crippen molar-refractivity contribution in [3.63, 3.8) is 0 Å². The van der Waals surface area contributed by atoms with Gasteiger partial charge >= 0.3 is 0 Å². The van der Waals surface area contributed by atoms with E-state index in [0.29, 0.717) is 11.4 Å². The fourth-order valence-electron chi connectivity index (χ4n) is 1.69. The predicted octanol–water partition coefficient (Wildman–Crippen LogP) is 3.48. The number of hydrogen-bond donors (Lipinski definition) is 2. The first-order valence-corrected chi connectivity index (χ1v) is 6.30. The van der Waals surface area contributed by atoms with Crippen molar-refractivity contribution < 1.29 is 9.18 Å². The first-order chi connectivity index (χ1) is 9.49. The number of carbonyl (C=O) groups excluding carboxylic acids is 1. The number of carbonyl (C=O) groups is 1. The summed E-state index contributed by atoms with van der Waals surface area (Å²) in [4.78, 5) is 16.1. The van der Waals surface area contributed by atoms with Gasteiger partial charge in [0, 0.05) is 12.6 Å². The average molecular weight is 294 g/mol. The van der Waals surface area contributed by atoms with E-state index in [1.54, 1.807) is 19.2 Å². The second-order valence-electron chi connectivity index (χ2n) is 4.25. The van der Waals surface area contributed by atoms with Crippen LogP contribution in [0.4, 0.5) is 15.9 Å². The van der Waals surface area contributed by atoms with Crippen LogP contribution in [0.2, 0.25) is 5.15 Å². The minimum Gasteiger partial charge on any atom is -0.373 e. The van der Waals surface area contributed by atoms with Crippen molar-refractivity contribution in [2.75, 3.05) is 17.7 Å². The highest BCUT2D eigenvalue weighted by Crippen LogP contribution is 2.19. The Labute approximate surface area is 121 Å². The number of pyridine rings is 1. The Morgan fingerprint density at radius 1 is 1.30 bits per heavy atom.